The minimum absolute atomic E-state index is 0.0583. The number of halogens is 3. The fraction of sp³-hybridized carbons (Fsp3) is 0.0833. The predicted octanol–water partition coefficient (Wildman–Crippen LogP) is 3.80. The number of pyridine rings is 1. The molecular weight excluding hydrogens is 353 g/mol. The molecule has 6 heteroatoms. The molecule has 94 valence electrons. The molecule has 2 aromatic rings. The first-order valence-electron chi connectivity index (χ1n) is 5.07. The molecule has 3 nitrogen and oxygen atoms in total. The lowest BCUT2D eigenvalue weighted by molar-refractivity contribution is 0.418. The van der Waals surface area contributed by atoms with Gasteiger partial charge < -0.3 is 10.1 Å². The standard InChI is InChI=1S/C12H9F2IN2O/c1-16-11-9(13)6-10(14)12(17-11)18-8-4-2-3-7(15)5-8/h2-6H,1H3,(H,16,17). The van der Waals surface area contributed by atoms with Crippen LogP contribution in [-0.2, 0) is 0 Å². The number of hydrogen-bond donors (Lipinski definition) is 1. The second-order valence-electron chi connectivity index (χ2n) is 3.42. The quantitative estimate of drug-likeness (QED) is 0.844. The third kappa shape index (κ3) is 2.87. The molecule has 0 saturated carbocycles. The van der Waals surface area contributed by atoms with E-state index in [0.29, 0.717) is 5.75 Å². The highest BCUT2D eigenvalue weighted by Crippen LogP contribution is 2.26. The Bertz CT molecular complexity index is 578. The number of nitrogens with one attached hydrogen (secondary N) is 1. The molecule has 0 radical (unpaired) electrons. The SMILES string of the molecule is CNc1nc(Oc2cccc(I)c2)c(F)cc1F. The second kappa shape index (κ2) is 5.47. The van der Waals surface area contributed by atoms with Crippen molar-refractivity contribution >= 4 is 28.4 Å². The summed E-state index contributed by atoms with van der Waals surface area (Å²) in [7, 11) is 1.50. The molecule has 0 aliphatic carbocycles. The molecule has 1 aromatic heterocycles. The van der Waals surface area contributed by atoms with Gasteiger partial charge in [-0.15, -0.1) is 0 Å². The van der Waals surface area contributed by atoms with Crippen LogP contribution >= 0.6 is 22.6 Å². The van der Waals surface area contributed by atoms with E-state index in [-0.39, 0.29) is 11.7 Å². The van der Waals surface area contributed by atoms with E-state index in [2.05, 4.69) is 32.9 Å². The third-order valence-electron chi connectivity index (χ3n) is 2.14. The Labute approximate surface area is 116 Å². The average molecular weight is 362 g/mol. The Balaban J connectivity index is 2.34. The van der Waals surface area contributed by atoms with Crippen molar-refractivity contribution in [1.29, 1.82) is 0 Å². The highest BCUT2D eigenvalue weighted by atomic mass is 127. The number of nitrogens with zero attached hydrogens (tertiary/aromatic N) is 1. The minimum Gasteiger partial charge on any atom is -0.436 e. The first kappa shape index (κ1) is 13.0. The molecule has 1 heterocycles. The van der Waals surface area contributed by atoms with Gasteiger partial charge in [-0.3, -0.25) is 0 Å². The van der Waals surface area contributed by atoms with E-state index in [0.717, 1.165) is 9.64 Å². The van der Waals surface area contributed by atoms with Gasteiger partial charge in [-0.1, -0.05) is 6.07 Å². The zero-order valence-corrected chi connectivity index (χ0v) is 11.5. The Kier molecular flexibility index (Phi) is 3.95. The Morgan fingerprint density at radius 3 is 2.67 bits per heavy atom. The fourth-order valence-corrected chi connectivity index (χ4v) is 1.85. The molecule has 0 amide bonds. The van der Waals surface area contributed by atoms with Gasteiger partial charge >= 0.3 is 0 Å². The van der Waals surface area contributed by atoms with E-state index in [9.17, 15) is 8.78 Å². The van der Waals surface area contributed by atoms with Gasteiger partial charge in [0.2, 0.25) is 0 Å². The molecule has 18 heavy (non-hydrogen) atoms. The van der Waals surface area contributed by atoms with Crippen LogP contribution in [0.1, 0.15) is 0 Å². The normalized spacial score (nSPS) is 10.2. The maximum absolute atomic E-state index is 13.5. The third-order valence-corrected chi connectivity index (χ3v) is 2.82. The summed E-state index contributed by atoms with van der Waals surface area (Å²) in [5.74, 6) is -1.47. The summed E-state index contributed by atoms with van der Waals surface area (Å²) >= 11 is 2.11. The summed E-state index contributed by atoms with van der Waals surface area (Å²) < 4.78 is 32.9. The van der Waals surface area contributed by atoms with Crippen LogP contribution in [0.2, 0.25) is 0 Å². The molecule has 0 atom stereocenters. The predicted molar refractivity (Wildman–Crippen MR) is 72.9 cm³/mol. The first-order chi connectivity index (χ1) is 8.60. The van der Waals surface area contributed by atoms with Gasteiger partial charge in [0.1, 0.15) is 5.75 Å². The Morgan fingerprint density at radius 1 is 1.22 bits per heavy atom. The van der Waals surface area contributed by atoms with Crippen molar-refractivity contribution in [3.8, 4) is 11.6 Å². The summed E-state index contributed by atoms with van der Waals surface area (Å²) in [6, 6.07) is 7.79. The lowest BCUT2D eigenvalue weighted by atomic mass is 10.3. The average Bonchev–Trinajstić information content (AvgIpc) is 2.33. The first-order valence-corrected chi connectivity index (χ1v) is 6.15. The van der Waals surface area contributed by atoms with Crippen molar-refractivity contribution in [2.45, 2.75) is 0 Å². The zero-order valence-electron chi connectivity index (χ0n) is 9.38. The summed E-state index contributed by atoms with van der Waals surface area (Å²) in [4.78, 5) is 3.73. The van der Waals surface area contributed by atoms with Crippen LogP contribution in [0, 0.1) is 15.2 Å². The fourth-order valence-electron chi connectivity index (χ4n) is 1.34. The van der Waals surface area contributed by atoms with E-state index < -0.39 is 11.6 Å². The van der Waals surface area contributed by atoms with Crippen LogP contribution in [0.5, 0.6) is 11.6 Å². The minimum atomic E-state index is -0.842. The van der Waals surface area contributed by atoms with Crippen LogP contribution in [0.4, 0.5) is 14.6 Å². The van der Waals surface area contributed by atoms with Crippen molar-refractivity contribution in [3.05, 3.63) is 45.5 Å². The molecule has 1 N–H and O–H groups in total. The molecule has 0 spiro atoms. The maximum Gasteiger partial charge on any atom is 0.258 e. The summed E-state index contributed by atoms with van der Waals surface area (Å²) in [5, 5.41) is 2.53. The smallest absolute Gasteiger partial charge is 0.258 e. The Hall–Kier alpha value is -1.44. The van der Waals surface area contributed by atoms with Gasteiger partial charge in [0, 0.05) is 16.7 Å². The molecule has 0 unspecified atom stereocenters. The van der Waals surface area contributed by atoms with Gasteiger partial charge in [-0.25, -0.2) is 8.78 Å². The molecule has 0 saturated heterocycles. The highest BCUT2D eigenvalue weighted by Gasteiger charge is 2.12. The molecule has 1 aromatic carbocycles. The Morgan fingerprint density at radius 2 is 2.00 bits per heavy atom. The van der Waals surface area contributed by atoms with Crippen LogP contribution in [-0.4, -0.2) is 12.0 Å². The van der Waals surface area contributed by atoms with Gasteiger partial charge in [0.05, 0.1) is 0 Å². The lowest BCUT2D eigenvalue weighted by Gasteiger charge is -2.08. The van der Waals surface area contributed by atoms with Crippen LogP contribution in [0.15, 0.2) is 30.3 Å². The lowest BCUT2D eigenvalue weighted by Crippen LogP contribution is -2.01. The van der Waals surface area contributed by atoms with E-state index in [1.54, 1.807) is 18.2 Å². The summed E-state index contributed by atoms with van der Waals surface area (Å²) in [6.45, 7) is 0. The number of ether oxygens (including phenoxy) is 1. The molecule has 2 rings (SSSR count). The molecule has 0 aliphatic heterocycles. The van der Waals surface area contributed by atoms with Crippen molar-refractivity contribution in [2.24, 2.45) is 0 Å². The van der Waals surface area contributed by atoms with Crippen LogP contribution in [0.25, 0.3) is 0 Å². The van der Waals surface area contributed by atoms with Gasteiger partial charge in [0.25, 0.3) is 5.88 Å². The number of anilines is 1. The van der Waals surface area contributed by atoms with Crippen LogP contribution < -0.4 is 10.1 Å². The van der Waals surface area contributed by atoms with Crippen molar-refractivity contribution in [1.82, 2.24) is 4.98 Å². The van der Waals surface area contributed by atoms with Crippen molar-refractivity contribution in [2.75, 3.05) is 12.4 Å². The number of hydrogen-bond acceptors (Lipinski definition) is 3. The molecular formula is C12H9F2IN2O. The van der Waals surface area contributed by atoms with Gasteiger partial charge in [-0.05, 0) is 40.8 Å². The topological polar surface area (TPSA) is 34.2 Å². The summed E-state index contributed by atoms with van der Waals surface area (Å²) in [5.41, 5.74) is 0. The van der Waals surface area contributed by atoms with E-state index in [1.807, 2.05) is 6.07 Å². The molecule has 0 bridgehead atoms. The van der Waals surface area contributed by atoms with Gasteiger partial charge in [-0.2, -0.15) is 4.98 Å². The maximum atomic E-state index is 13.5. The van der Waals surface area contributed by atoms with E-state index >= 15 is 0 Å². The number of benzene rings is 1. The largest absolute Gasteiger partial charge is 0.436 e. The summed E-state index contributed by atoms with van der Waals surface area (Å²) in [6.07, 6.45) is 0. The molecule has 0 aliphatic rings. The second-order valence-corrected chi connectivity index (χ2v) is 4.66. The van der Waals surface area contributed by atoms with Crippen molar-refractivity contribution < 1.29 is 13.5 Å². The van der Waals surface area contributed by atoms with E-state index in [4.69, 9.17) is 4.74 Å². The highest BCUT2D eigenvalue weighted by molar-refractivity contribution is 14.1. The van der Waals surface area contributed by atoms with E-state index in [1.165, 1.54) is 7.05 Å². The zero-order chi connectivity index (χ0) is 13.1. The molecule has 0 fully saturated rings. The van der Waals surface area contributed by atoms with Gasteiger partial charge in [0.15, 0.2) is 17.5 Å². The number of rotatable bonds is 3. The monoisotopic (exact) mass is 362 g/mol. The van der Waals surface area contributed by atoms with Crippen LogP contribution in [0.3, 0.4) is 0 Å². The van der Waals surface area contributed by atoms with Crippen molar-refractivity contribution in [3.63, 3.8) is 0 Å². The number of aromatic nitrogens is 1.